The normalized spacial score (nSPS) is 12.5. The van der Waals surface area contributed by atoms with Gasteiger partial charge in [0.15, 0.2) is 0 Å². The molecule has 1 aromatic carbocycles. The van der Waals surface area contributed by atoms with Crippen LogP contribution in [-0.2, 0) is 19.9 Å². The zero-order valence-corrected chi connectivity index (χ0v) is 13.0. The van der Waals surface area contributed by atoms with E-state index in [1.165, 1.54) is 7.05 Å². The summed E-state index contributed by atoms with van der Waals surface area (Å²) in [7, 11) is -6.12. The van der Waals surface area contributed by atoms with Crippen LogP contribution < -0.4 is 5.73 Å². The summed E-state index contributed by atoms with van der Waals surface area (Å²) >= 11 is 0. The van der Waals surface area contributed by atoms with Gasteiger partial charge < -0.3 is 5.73 Å². The van der Waals surface area contributed by atoms with Crippen LogP contribution in [0.5, 0.6) is 0 Å². The van der Waals surface area contributed by atoms with Gasteiger partial charge in [0.05, 0.1) is 16.4 Å². The Balaban J connectivity index is 3.10. The zero-order valence-electron chi connectivity index (χ0n) is 11.4. The lowest BCUT2D eigenvalue weighted by molar-refractivity contribution is -0.384. The van der Waals surface area contributed by atoms with Crippen LogP contribution in [0.4, 0.5) is 11.4 Å². The molecule has 21 heavy (non-hydrogen) atoms. The molecule has 0 atom stereocenters. The van der Waals surface area contributed by atoms with Crippen molar-refractivity contribution in [3.05, 3.63) is 28.3 Å². The molecular formula is C10H15N3O6S2. The second kappa shape index (κ2) is 5.95. The van der Waals surface area contributed by atoms with Crippen LogP contribution >= 0.6 is 0 Å². The molecule has 0 amide bonds. The summed E-state index contributed by atoms with van der Waals surface area (Å²) in [6.45, 7) is -0.238. The van der Waals surface area contributed by atoms with Crippen molar-refractivity contribution in [1.29, 1.82) is 0 Å². The van der Waals surface area contributed by atoms with E-state index in [1.807, 2.05) is 0 Å². The van der Waals surface area contributed by atoms with E-state index in [0.29, 0.717) is 0 Å². The molecule has 9 nitrogen and oxygen atoms in total. The third-order valence-electron chi connectivity index (χ3n) is 2.67. The van der Waals surface area contributed by atoms with Crippen molar-refractivity contribution in [3.8, 4) is 0 Å². The second-order valence-corrected chi connectivity index (χ2v) is 8.71. The van der Waals surface area contributed by atoms with Crippen molar-refractivity contribution in [3.63, 3.8) is 0 Å². The summed E-state index contributed by atoms with van der Waals surface area (Å²) in [6.07, 6.45) is 0.994. The summed E-state index contributed by atoms with van der Waals surface area (Å²) in [5, 5.41) is 10.6. The number of nitrogen functional groups attached to an aromatic ring is 1. The van der Waals surface area contributed by atoms with Crippen molar-refractivity contribution in [2.75, 3.05) is 31.3 Å². The molecule has 0 aromatic heterocycles. The minimum absolute atomic E-state index is 0.238. The van der Waals surface area contributed by atoms with E-state index in [1.54, 1.807) is 0 Å². The van der Waals surface area contributed by atoms with E-state index in [0.717, 1.165) is 28.8 Å². The Hall–Kier alpha value is -1.72. The lowest BCUT2D eigenvalue weighted by Gasteiger charge is -2.17. The number of hydrogen-bond donors (Lipinski definition) is 1. The van der Waals surface area contributed by atoms with Crippen LogP contribution in [0.1, 0.15) is 0 Å². The van der Waals surface area contributed by atoms with Crippen molar-refractivity contribution in [2.24, 2.45) is 0 Å². The number of benzene rings is 1. The third kappa shape index (κ3) is 4.37. The fraction of sp³-hybridized carbons (Fsp3) is 0.400. The maximum absolute atomic E-state index is 12.2. The van der Waals surface area contributed by atoms with Gasteiger partial charge in [-0.25, -0.2) is 16.8 Å². The lowest BCUT2D eigenvalue weighted by atomic mass is 10.3. The molecule has 0 saturated heterocycles. The number of nitro benzene ring substituents is 1. The first-order chi connectivity index (χ1) is 9.45. The Labute approximate surface area is 122 Å². The molecule has 0 aliphatic heterocycles. The van der Waals surface area contributed by atoms with Crippen molar-refractivity contribution in [1.82, 2.24) is 4.31 Å². The molecule has 0 radical (unpaired) electrons. The molecule has 118 valence electrons. The number of non-ortho nitro benzene ring substituents is 1. The molecule has 2 N–H and O–H groups in total. The molecule has 0 spiro atoms. The SMILES string of the molecule is CN(CCS(C)(=O)=O)S(=O)(=O)c1ccc([N+](=O)[O-])cc1N. The van der Waals surface area contributed by atoms with Gasteiger partial charge in [0.2, 0.25) is 10.0 Å². The van der Waals surface area contributed by atoms with Gasteiger partial charge in [-0.2, -0.15) is 4.31 Å². The number of sulfonamides is 1. The van der Waals surface area contributed by atoms with E-state index in [-0.39, 0.29) is 28.6 Å². The summed E-state index contributed by atoms with van der Waals surface area (Å²) in [5.41, 5.74) is 4.94. The summed E-state index contributed by atoms with van der Waals surface area (Å²) < 4.78 is 47.4. The molecule has 11 heteroatoms. The first-order valence-corrected chi connectivity index (χ1v) is 9.13. The molecule has 0 saturated carbocycles. The van der Waals surface area contributed by atoms with Gasteiger partial charge in [-0.05, 0) is 6.07 Å². The topological polar surface area (TPSA) is 141 Å². The predicted molar refractivity (Wildman–Crippen MR) is 77.0 cm³/mol. The Bertz CT molecular complexity index is 757. The Morgan fingerprint density at radius 2 is 1.86 bits per heavy atom. The van der Waals surface area contributed by atoms with Crippen LogP contribution in [0.25, 0.3) is 0 Å². The van der Waals surface area contributed by atoms with Crippen LogP contribution in [-0.4, -0.2) is 51.7 Å². The van der Waals surface area contributed by atoms with Crippen molar-refractivity contribution < 1.29 is 21.8 Å². The highest BCUT2D eigenvalue weighted by atomic mass is 32.2. The average molecular weight is 337 g/mol. The minimum Gasteiger partial charge on any atom is -0.397 e. The van der Waals surface area contributed by atoms with E-state index < -0.39 is 24.8 Å². The van der Waals surface area contributed by atoms with Crippen molar-refractivity contribution >= 4 is 31.2 Å². The molecule has 0 aliphatic rings. The lowest BCUT2D eigenvalue weighted by Crippen LogP contribution is -2.32. The predicted octanol–water partition coefficient (Wildman–Crippen LogP) is -0.158. The highest BCUT2D eigenvalue weighted by molar-refractivity contribution is 7.91. The van der Waals surface area contributed by atoms with Crippen LogP contribution in [0.3, 0.4) is 0 Å². The van der Waals surface area contributed by atoms with Gasteiger partial charge in [-0.3, -0.25) is 10.1 Å². The summed E-state index contributed by atoms with van der Waals surface area (Å²) in [4.78, 5) is 9.59. The van der Waals surface area contributed by atoms with Crippen LogP contribution in [0, 0.1) is 10.1 Å². The van der Waals surface area contributed by atoms with Gasteiger partial charge >= 0.3 is 0 Å². The number of anilines is 1. The molecule has 0 bridgehead atoms. The standard InChI is InChI=1S/C10H15N3O6S2/c1-12(5-6-20(2,16)17)21(18,19)10-4-3-8(13(14)15)7-9(10)11/h3-4,7H,5-6,11H2,1-2H3. The molecular weight excluding hydrogens is 322 g/mol. The third-order valence-corrected chi connectivity index (χ3v) is 5.52. The van der Waals surface area contributed by atoms with E-state index in [9.17, 15) is 26.9 Å². The van der Waals surface area contributed by atoms with Crippen LogP contribution in [0.2, 0.25) is 0 Å². The Morgan fingerprint density at radius 3 is 2.29 bits per heavy atom. The molecule has 0 heterocycles. The van der Waals surface area contributed by atoms with Gasteiger partial charge in [0.1, 0.15) is 14.7 Å². The first kappa shape index (κ1) is 17.3. The maximum Gasteiger partial charge on any atom is 0.271 e. The number of hydrogen-bond acceptors (Lipinski definition) is 7. The average Bonchev–Trinajstić information content (AvgIpc) is 2.34. The minimum atomic E-state index is -4.01. The monoisotopic (exact) mass is 337 g/mol. The number of nitrogens with zero attached hydrogens (tertiary/aromatic N) is 2. The van der Waals surface area contributed by atoms with Crippen LogP contribution in [0.15, 0.2) is 23.1 Å². The largest absolute Gasteiger partial charge is 0.397 e. The summed E-state index contributed by atoms with van der Waals surface area (Å²) in [6, 6.07) is 2.99. The second-order valence-electron chi connectivity index (χ2n) is 4.44. The zero-order chi connectivity index (χ0) is 16.4. The van der Waals surface area contributed by atoms with Gasteiger partial charge in [0.25, 0.3) is 5.69 Å². The molecule has 1 aromatic rings. The fourth-order valence-corrected chi connectivity index (χ4v) is 3.45. The highest BCUT2D eigenvalue weighted by Gasteiger charge is 2.25. The van der Waals surface area contributed by atoms with Gasteiger partial charge in [-0.1, -0.05) is 0 Å². The smallest absolute Gasteiger partial charge is 0.271 e. The van der Waals surface area contributed by atoms with Crippen molar-refractivity contribution in [2.45, 2.75) is 4.90 Å². The highest BCUT2D eigenvalue weighted by Crippen LogP contribution is 2.25. The number of rotatable bonds is 6. The Kier molecular flexibility index (Phi) is 4.91. The summed E-state index contributed by atoms with van der Waals surface area (Å²) in [5.74, 6) is -0.338. The number of sulfone groups is 1. The molecule has 0 fully saturated rings. The molecule has 0 aliphatic carbocycles. The van der Waals surface area contributed by atoms with Gasteiger partial charge in [-0.15, -0.1) is 0 Å². The quantitative estimate of drug-likeness (QED) is 0.432. The van der Waals surface area contributed by atoms with E-state index in [4.69, 9.17) is 5.73 Å². The van der Waals surface area contributed by atoms with E-state index in [2.05, 4.69) is 0 Å². The fourth-order valence-electron chi connectivity index (χ4n) is 1.47. The first-order valence-electron chi connectivity index (χ1n) is 5.63. The Morgan fingerprint density at radius 1 is 1.29 bits per heavy atom. The van der Waals surface area contributed by atoms with Gasteiger partial charge in [0, 0.05) is 32.0 Å². The maximum atomic E-state index is 12.2. The number of nitrogens with two attached hydrogens (primary N) is 1. The molecule has 0 unspecified atom stereocenters. The number of nitro groups is 1. The van der Waals surface area contributed by atoms with E-state index >= 15 is 0 Å². The molecule has 1 rings (SSSR count).